The highest BCUT2D eigenvalue weighted by atomic mass is 32.2. The topological polar surface area (TPSA) is 132 Å². The van der Waals surface area contributed by atoms with E-state index in [0.717, 1.165) is 17.5 Å². The van der Waals surface area contributed by atoms with Gasteiger partial charge >= 0.3 is 0 Å². The highest BCUT2D eigenvalue weighted by Crippen LogP contribution is 2.27. The molecule has 11 heteroatoms. The normalized spacial score (nSPS) is 11.2. The molecular weight excluding hydrogens is 471 g/mol. The summed E-state index contributed by atoms with van der Waals surface area (Å²) in [5.74, 6) is 0.0899. The summed E-state index contributed by atoms with van der Waals surface area (Å²) in [6.45, 7) is 2.33. The third-order valence-corrected chi connectivity index (χ3v) is 5.88. The molecule has 9 nitrogen and oxygen atoms in total. The fourth-order valence-electron chi connectivity index (χ4n) is 3.24. The SMILES string of the molecule is CCc1cc(Nc2nc(Nc3cccc(S(N)(=O)=O)c3)ncc2F)ccc1OCc1ccccn1. The standard InChI is InChI=1S/C24H23FN6O3S/c1-2-16-12-18(9-10-22(16)34-15-19-6-3-4-11-27-19)29-23-21(25)14-28-24(31-23)30-17-7-5-8-20(13-17)35(26,32)33/h3-14H,2,15H2,1H3,(H2,26,32,33)(H2,28,29,30,31). The number of anilines is 4. The lowest BCUT2D eigenvalue weighted by Gasteiger charge is -2.14. The van der Waals surface area contributed by atoms with Gasteiger partial charge < -0.3 is 15.4 Å². The number of nitrogens with zero attached hydrogens (tertiary/aromatic N) is 3. The van der Waals surface area contributed by atoms with Crippen LogP contribution in [0.3, 0.4) is 0 Å². The van der Waals surface area contributed by atoms with Crippen LogP contribution in [0.5, 0.6) is 5.75 Å². The second kappa shape index (κ2) is 10.5. The summed E-state index contributed by atoms with van der Waals surface area (Å²) in [4.78, 5) is 12.3. The van der Waals surface area contributed by atoms with E-state index in [1.165, 1.54) is 18.2 Å². The van der Waals surface area contributed by atoms with E-state index in [0.29, 0.717) is 30.2 Å². The molecule has 0 amide bonds. The van der Waals surface area contributed by atoms with Crippen molar-refractivity contribution in [2.45, 2.75) is 24.8 Å². The average molecular weight is 495 g/mol. The molecule has 2 heterocycles. The number of benzene rings is 2. The molecule has 4 N–H and O–H groups in total. The van der Waals surface area contributed by atoms with Crippen molar-refractivity contribution in [1.82, 2.24) is 15.0 Å². The summed E-state index contributed by atoms with van der Waals surface area (Å²) in [5.41, 5.74) is 2.75. The Bertz CT molecular complexity index is 1430. The second-order valence-corrected chi connectivity index (χ2v) is 9.06. The smallest absolute Gasteiger partial charge is 0.238 e. The van der Waals surface area contributed by atoms with Crippen LogP contribution in [0.1, 0.15) is 18.2 Å². The van der Waals surface area contributed by atoms with Crippen molar-refractivity contribution in [2.75, 3.05) is 10.6 Å². The van der Waals surface area contributed by atoms with E-state index in [9.17, 15) is 12.8 Å². The molecule has 0 radical (unpaired) electrons. The number of ether oxygens (including phenoxy) is 1. The van der Waals surface area contributed by atoms with E-state index < -0.39 is 15.8 Å². The minimum atomic E-state index is -3.87. The monoisotopic (exact) mass is 494 g/mol. The zero-order valence-corrected chi connectivity index (χ0v) is 19.6. The van der Waals surface area contributed by atoms with E-state index in [1.807, 2.05) is 31.2 Å². The summed E-state index contributed by atoms with van der Waals surface area (Å²) >= 11 is 0. The Morgan fingerprint density at radius 3 is 2.57 bits per heavy atom. The Balaban J connectivity index is 1.50. The zero-order chi connectivity index (χ0) is 24.8. The number of hydrogen-bond acceptors (Lipinski definition) is 8. The molecule has 4 aromatic rings. The number of nitrogens with one attached hydrogen (secondary N) is 2. The minimum Gasteiger partial charge on any atom is -0.487 e. The number of halogens is 1. The number of primary sulfonamides is 1. The Kier molecular flexibility index (Phi) is 7.18. The van der Waals surface area contributed by atoms with Gasteiger partial charge in [-0.15, -0.1) is 0 Å². The van der Waals surface area contributed by atoms with Gasteiger partial charge in [-0.3, -0.25) is 4.98 Å². The number of aryl methyl sites for hydroxylation is 1. The molecule has 0 aliphatic rings. The van der Waals surface area contributed by atoms with Crippen LogP contribution in [0, 0.1) is 5.82 Å². The lowest BCUT2D eigenvalue weighted by atomic mass is 10.1. The molecule has 35 heavy (non-hydrogen) atoms. The maximum atomic E-state index is 14.4. The largest absolute Gasteiger partial charge is 0.487 e. The maximum absolute atomic E-state index is 14.4. The number of aromatic nitrogens is 3. The first kappa shape index (κ1) is 24.0. The van der Waals surface area contributed by atoms with E-state index in [-0.39, 0.29) is 16.7 Å². The van der Waals surface area contributed by atoms with Crippen molar-refractivity contribution in [3.63, 3.8) is 0 Å². The molecule has 4 rings (SSSR count). The van der Waals surface area contributed by atoms with Crippen molar-refractivity contribution in [2.24, 2.45) is 5.14 Å². The fraction of sp³-hybridized carbons (Fsp3) is 0.125. The predicted molar refractivity (Wildman–Crippen MR) is 131 cm³/mol. The Morgan fingerprint density at radius 2 is 1.83 bits per heavy atom. The lowest BCUT2D eigenvalue weighted by molar-refractivity contribution is 0.298. The van der Waals surface area contributed by atoms with Gasteiger partial charge in [0.05, 0.1) is 16.8 Å². The van der Waals surface area contributed by atoms with E-state index in [1.54, 1.807) is 24.4 Å². The third-order valence-electron chi connectivity index (χ3n) is 4.97. The fourth-order valence-corrected chi connectivity index (χ4v) is 3.80. The highest BCUT2D eigenvalue weighted by Gasteiger charge is 2.12. The van der Waals surface area contributed by atoms with E-state index in [2.05, 4.69) is 25.6 Å². The van der Waals surface area contributed by atoms with Crippen molar-refractivity contribution >= 4 is 33.2 Å². The summed E-state index contributed by atoms with van der Waals surface area (Å²) in [7, 11) is -3.87. The number of rotatable bonds is 9. The molecule has 0 atom stereocenters. The molecule has 0 aliphatic heterocycles. The number of sulfonamides is 1. The maximum Gasteiger partial charge on any atom is 0.238 e. The van der Waals surface area contributed by atoms with Crippen LogP contribution >= 0.6 is 0 Å². The Morgan fingerprint density at radius 1 is 1.00 bits per heavy atom. The van der Waals surface area contributed by atoms with Crippen LogP contribution in [0.15, 0.2) is 78.0 Å². The Hall–Kier alpha value is -4.09. The summed E-state index contributed by atoms with van der Waals surface area (Å²) in [6, 6.07) is 16.9. The molecule has 180 valence electrons. The van der Waals surface area contributed by atoms with Gasteiger partial charge in [-0.05, 0) is 60.5 Å². The minimum absolute atomic E-state index is 0.0469. The second-order valence-electron chi connectivity index (χ2n) is 7.50. The van der Waals surface area contributed by atoms with Crippen molar-refractivity contribution < 1.29 is 17.5 Å². The lowest BCUT2D eigenvalue weighted by Crippen LogP contribution is -2.12. The van der Waals surface area contributed by atoms with Gasteiger partial charge in [0.1, 0.15) is 12.4 Å². The van der Waals surface area contributed by atoms with Gasteiger partial charge in [0.25, 0.3) is 0 Å². The van der Waals surface area contributed by atoms with Crippen molar-refractivity contribution in [1.29, 1.82) is 0 Å². The van der Waals surface area contributed by atoms with Crippen LogP contribution in [-0.2, 0) is 23.1 Å². The molecule has 0 aliphatic carbocycles. The first-order chi connectivity index (χ1) is 16.8. The van der Waals surface area contributed by atoms with Gasteiger partial charge in [-0.2, -0.15) is 4.98 Å². The highest BCUT2D eigenvalue weighted by molar-refractivity contribution is 7.89. The first-order valence-corrected chi connectivity index (χ1v) is 12.2. The molecule has 0 saturated carbocycles. The summed E-state index contributed by atoms with van der Waals surface area (Å²) in [5, 5.41) is 11.0. The van der Waals surface area contributed by atoms with Crippen LogP contribution < -0.4 is 20.5 Å². The van der Waals surface area contributed by atoms with Crippen LogP contribution in [0.2, 0.25) is 0 Å². The zero-order valence-electron chi connectivity index (χ0n) is 18.8. The van der Waals surface area contributed by atoms with Gasteiger partial charge in [0, 0.05) is 17.6 Å². The van der Waals surface area contributed by atoms with Gasteiger partial charge in [0.15, 0.2) is 11.6 Å². The van der Waals surface area contributed by atoms with Gasteiger partial charge in [-0.1, -0.05) is 19.1 Å². The molecular formula is C24H23FN6O3S. The quantitative estimate of drug-likeness (QED) is 0.314. The van der Waals surface area contributed by atoms with Gasteiger partial charge in [-0.25, -0.2) is 22.9 Å². The van der Waals surface area contributed by atoms with E-state index in [4.69, 9.17) is 9.88 Å². The summed E-state index contributed by atoms with van der Waals surface area (Å²) in [6.07, 6.45) is 3.43. The molecule has 0 unspecified atom stereocenters. The number of nitrogens with two attached hydrogens (primary N) is 1. The predicted octanol–water partition coefficient (Wildman–Crippen LogP) is 4.29. The molecule has 0 fully saturated rings. The van der Waals surface area contributed by atoms with Crippen molar-refractivity contribution in [3.05, 3.63) is 90.1 Å². The van der Waals surface area contributed by atoms with Gasteiger partial charge in [0.2, 0.25) is 16.0 Å². The van der Waals surface area contributed by atoms with Crippen LogP contribution in [-0.4, -0.2) is 23.4 Å². The Labute approximate surface area is 202 Å². The first-order valence-electron chi connectivity index (χ1n) is 10.7. The molecule has 0 saturated heterocycles. The van der Waals surface area contributed by atoms with Crippen LogP contribution in [0.4, 0.5) is 27.5 Å². The molecule has 0 spiro atoms. The average Bonchev–Trinajstić information content (AvgIpc) is 2.85. The van der Waals surface area contributed by atoms with E-state index >= 15 is 0 Å². The molecule has 2 aromatic heterocycles. The van der Waals surface area contributed by atoms with Crippen LogP contribution in [0.25, 0.3) is 0 Å². The number of pyridine rings is 1. The molecule has 2 aromatic carbocycles. The number of hydrogen-bond donors (Lipinski definition) is 3. The van der Waals surface area contributed by atoms with Crippen molar-refractivity contribution in [3.8, 4) is 5.75 Å². The molecule has 0 bridgehead atoms. The summed E-state index contributed by atoms with van der Waals surface area (Å²) < 4.78 is 43.5. The third kappa shape index (κ3) is 6.28.